The molecule has 0 spiro atoms. The third-order valence-electron chi connectivity index (χ3n) is 5.45. The van der Waals surface area contributed by atoms with Crippen LogP contribution in [0, 0.1) is 34.6 Å². The van der Waals surface area contributed by atoms with Crippen molar-refractivity contribution in [3.63, 3.8) is 0 Å². The number of nitrogens with one attached hydrogen (secondary N) is 2. The molecule has 3 rings (SSSR count). The molecular weight excluding hydrogens is 386 g/mol. The van der Waals surface area contributed by atoms with Gasteiger partial charge in [-0.1, -0.05) is 29.8 Å². The van der Waals surface area contributed by atoms with Crippen LogP contribution in [0.3, 0.4) is 0 Å². The van der Waals surface area contributed by atoms with E-state index in [9.17, 15) is 4.79 Å². The van der Waals surface area contributed by atoms with Crippen molar-refractivity contribution in [3.8, 4) is 0 Å². The number of amides is 1. The van der Waals surface area contributed by atoms with Gasteiger partial charge >= 0.3 is 0 Å². The third kappa shape index (κ3) is 5.60. The van der Waals surface area contributed by atoms with Crippen molar-refractivity contribution in [2.75, 3.05) is 11.9 Å². The first-order chi connectivity index (χ1) is 14.7. The number of benzene rings is 2. The largest absolute Gasteiger partial charge is 0.326 e. The SMILES string of the molecule is Cc1cccc(C(=O)NC(=NCCc2c(C)nn(C)c2C)Nc2cc(C)ccc2C)c1. The summed E-state index contributed by atoms with van der Waals surface area (Å²) in [6.45, 7) is 10.7. The minimum Gasteiger partial charge on any atom is -0.326 e. The molecule has 162 valence electrons. The molecule has 2 N–H and O–H groups in total. The summed E-state index contributed by atoms with van der Waals surface area (Å²) in [4.78, 5) is 17.5. The smallest absolute Gasteiger partial charge is 0.257 e. The van der Waals surface area contributed by atoms with Crippen molar-refractivity contribution < 1.29 is 4.79 Å². The Morgan fingerprint density at radius 2 is 1.77 bits per heavy atom. The van der Waals surface area contributed by atoms with Gasteiger partial charge in [0.15, 0.2) is 0 Å². The fourth-order valence-electron chi connectivity index (χ4n) is 3.53. The highest BCUT2D eigenvalue weighted by Gasteiger charge is 2.12. The van der Waals surface area contributed by atoms with Gasteiger partial charge < -0.3 is 5.32 Å². The number of aryl methyl sites for hydroxylation is 5. The van der Waals surface area contributed by atoms with E-state index >= 15 is 0 Å². The first kappa shape index (κ1) is 22.3. The van der Waals surface area contributed by atoms with Gasteiger partial charge in [-0.3, -0.25) is 19.8 Å². The second-order valence-electron chi connectivity index (χ2n) is 8.02. The summed E-state index contributed by atoms with van der Waals surface area (Å²) in [6, 6.07) is 13.7. The average molecular weight is 418 g/mol. The zero-order valence-electron chi connectivity index (χ0n) is 19.2. The van der Waals surface area contributed by atoms with Crippen LogP contribution >= 0.6 is 0 Å². The Morgan fingerprint density at radius 3 is 2.45 bits per heavy atom. The van der Waals surface area contributed by atoms with Crippen molar-refractivity contribution in [1.82, 2.24) is 15.1 Å². The van der Waals surface area contributed by atoms with Gasteiger partial charge in [0.25, 0.3) is 5.91 Å². The summed E-state index contributed by atoms with van der Waals surface area (Å²) in [6.07, 6.45) is 0.754. The highest BCUT2D eigenvalue weighted by Crippen LogP contribution is 2.17. The molecule has 0 aliphatic carbocycles. The molecule has 0 saturated heterocycles. The molecule has 0 atom stereocenters. The van der Waals surface area contributed by atoms with E-state index in [2.05, 4.69) is 40.9 Å². The quantitative estimate of drug-likeness (QED) is 0.477. The Bertz CT molecular complexity index is 1130. The van der Waals surface area contributed by atoms with Gasteiger partial charge in [0.1, 0.15) is 0 Å². The second kappa shape index (κ2) is 9.60. The topological polar surface area (TPSA) is 71.3 Å². The molecule has 3 aromatic rings. The van der Waals surface area contributed by atoms with Gasteiger partial charge in [0.2, 0.25) is 5.96 Å². The zero-order chi connectivity index (χ0) is 22.5. The van der Waals surface area contributed by atoms with Gasteiger partial charge in [0.05, 0.1) is 5.69 Å². The van der Waals surface area contributed by atoms with Gasteiger partial charge in [-0.25, -0.2) is 0 Å². The van der Waals surface area contributed by atoms with Crippen molar-refractivity contribution >= 4 is 17.6 Å². The van der Waals surface area contributed by atoms with Gasteiger partial charge in [-0.15, -0.1) is 0 Å². The Hall–Kier alpha value is -3.41. The van der Waals surface area contributed by atoms with Crippen LogP contribution < -0.4 is 10.6 Å². The van der Waals surface area contributed by atoms with Crippen LogP contribution in [-0.4, -0.2) is 28.2 Å². The first-order valence-electron chi connectivity index (χ1n) is 10.5. The fraction of sp³-hybridized carbons (Fsp3) is 0.320. The fourth-order valence-corrected chi connectivity index (χ4v) is 3.53. The van der Waals surface area contributed by atoms with Crippen LogP contribution in [-0.2, 0) is 13.5 Å². The summed E-state index contributed by atoms with van der Waals surface area (Å²) in [5.74, 6) is 0.258. The maximum Gasteiger partial charge on any atom is 0.257 e. The van der Waals surface area contributed by atoms with Crippen LogP contribution in [0.4, 0.5) is 5.69 Å². The standard InChI is InChI=1S/C25H31N5O/c1-16-8-7-9-21(14-16)24(31)28-25(27-23-15-17(2)10-11-18(23)3)26-13-12-22-19(4)29-30(6)20(22)5/h7-11,14-15H,12-13H2,1-6H3,(H2,26,27,28,31). The maximum absolute atomic E-state index is 12.8. The lowest BCUT2D eigenvalue weighted by atomic mass is 10.1. The number of hydrogen-bond acceptors (Lipinski definition) is 3. The Balaban J connectivity index is 1.83. The maximum atomic E-state index is 12.8. The summed E-state index contributed by atoms with van der Waals surface area (Å²) in [5, 5.41) is 10.8. The lowest BCUT2D eigenvalue weighted by Gasteiger charge is -2.14. The molecule has 0 unspecified atom stereocenters. The molecular formula is C25H31N5O. The highest BCUT2D eigenvalue weighted by atomic mass is 16.1. The normalized spacial score (nSPS) is 11.5. The predicted molar refractivity (Wildman–Crippen MR) is 127 cm³/mol. The molecule has 31 heavy (non-hydrogen) atoms. The molecule has 6 heteroatoms. The van der Waals surface area contributed by atoms with Gasteiger partial charge in [-0.05, 0) is 75.9 Å². The average Bonchev–Trinajstić information content (AvgIpc) is 2.96. The summed E-state index contributed by atoms with van der Waals surface area (Å²) in [7, 11) is 1.95. The van der Waals surface area contributed by atoms with Crippen molar-refractivity contribution in [2.24, 2.45) is 12.0 Å². The minimum absolute atomic E-state index is 0.186. The van der Waals surface area contributed by atoms with E-state index in [1.54, 1.807) is 6.07 Å². The van der Waals surface area contributed by atoms with Crippen molar-refractivity contribution in [3.05, 3.63) is 81.7 Å². The molecule has 0 aliphatic heterocycles. The highest BCUT2D eigenvalue weighted by molar-refractivity contribution is 6.10. The summed E-state index contributed by atoms with van der Waals surface area (Å²) < 4.78 is 1.89. The number of nitrogens with zero attached hydrogens (tertiary/aromatic N) is 3. The molecule has 1 aromatic heterocycles. The van der Waals surface area contributed by atoms with E-state index in [4.69, 9.17) is 4.99 Å². The third-order valence-corrected chi connectivity index (χ3v) is 5.45. The number of rotatable bonds is 5. The van der Waals surface area contributed by atoms with E-state index < -0.39 is 0 Å². The Labute approximate surface area is 184 Å². The van der Waals surface area contributed by atoms with Gasteiger partial charge in [-0.2, -0.15) is 5.10 Å². The molecule has 0 bridgehead atoms. The van der Waals surface area contributed by atoms with Crippen molar-refractivity contribution in [1.29, 1.82) is 0 Å². The molecule has 0 radical (unpaired) electrons. The Morgan fingerprint density at radius 1 is 1.03 bits per heavy atom. The number of anilines is 1. The van der Waals surface area contributed by atoms with E-state index in [0.717, 1.165) is 40.2 Å². The van der Waals surface area contributed by atoms with E-state index in [-0.39, 0.29) is 5.91 Å². The Kier molecular flexibility index (Phi) is 6.90. The number of carbonyl (C=O) groups excluding carboxylic acids is 1. The summed E-state index contributed by atoms with van der Waals surface area (Å²) in [5.41, 5.74) is 8.15. The lowest BCUT2D eigenvalue weighted by Crippen LogP contribution is -2.36. The monoisotopic (exact) mass is 417 g/mol. The van der Waals surface area contributed by atoms with Crippen LogP contribution in [0.2, 0.25) is 0 Å². The van der Waals surface area contributed by atoms with Crippen LogP contribution in [0.25, 0.3) is 0 Å². The van der Waals surface area contributed by atoms with Crippen LogP contribution in [0.15, 0.2) is 47.5 Å². The van der Waals surface area contributed by atoms with Crippen LogP contribution in [0.1, 0.15) is 44.0 Å². The number of hydrogen-bond donors (Lipinski definition) is 2. The first-order valence-corrected chi connectivity index (χ1v) is 10.5. The number of carbonyl (C=O) groups is 1. The molecule has 0 aliphatic rings. The van der Waals surface area contributed by atoms with E-state index in [1.165, 1.54) is 5.56 Å². The van der Waals surface area contributed by atoms with Crippen LogP contribution in [0.5, 0.6) is 0 Å². The molecule has 1 heterocycles. The minimum atomic E-state index is -0.186. The van der Waals surface area contributed by atoms with Crippen molar-refractivity contribution in [2.45, 2.75) is 41.0 Å². The number of aliphatic imine (C=N–C) groups is 1. The predicted octanol–water partition coefficient (Wildman–Crippen LogP) is 4.40. The van der Waals surface area contributed by atoms with Gasteiger partial charge in [0, 0.05) is 30.5 Å². The molecule has 6 nitrogen and oxygen atoms in total. The molecule has 0 saturated carbocycles. The number of aromatic nitrogens is 2. The van der Waals surface area contributed by atoms with E-state index in [0.29, 0.717) is 18.1 Å². The molecule has 0 fully saturated rings. The molecule has 2 aromatic carbocycles. The second-order valence-corrected chi connectivity index (χ2v) is 8.02. The number of guanidine groups is 1. The summed E-state index contributed by atoms with van der Waals surface area (Å²) >= 11 is 0. The zero-order valence-corrected chi connectivity index (χ0v) is 19.2. The molecule has 1 amide bonds. The lowest BCUT2D eigenvalue weighted by molar-refractivity contribution is 0.0977. The van der Waals surface area contributed by atoms with E-state index in [1.807, 2.05) is 57.6 Å².